The third-order valence-corrected chi connectivity index (χ3v) is 2.68. The number of carbonyl (C=O) groups excluding carboxylic acids is 1. The van der Waals surface area contributed by atoms with E-state index in [0.29, 0.717) is 26.4 Å². The number of carbonyl (C=O) groups is 1. The van der Waals surface area contributed by atoms with Gasteiger partial charge in [0.25, 0.3) is 0 Å². The number of urea groups is 1. The molecule has 1 aromatic carbocycles. The van der Waals surface area contributed by atoms with E-state index in [2.05, 4.69) is 10.6 Å². The van der Waals surface area contributed by atoms with E-state index in [1.165, 1.54) is 0 Å². The molecule has 0 fully saturated rings. The van der Waals surface area contributed by atoms with E-state index < -0.39 is 0 Å². The number of para-hydroxylation sites is 1. The number of hydrogen-bond donors (Lipinski definition) is 2. The zero-order chi connectivity index (χ0) is 14.1. The van der Waals surface area contributed by atoms with E-state index in [9.17, 15) is 4.79 Å². The normalized spacial score (nSPS) is 10.3. The minimum atomic E-state index is -0.215. The number of aryl methyl sites for hydroxylation is 2. The lowest BCUT2D eigenvalue weighted by atomic mass is 10.1. The molecule has 0 atom stereocenters. The van der Waals surface area contributed by atoms with Gasteiger partial charge >= 0.3 is 6.03 Å². The van der Waals surface area contributed by atoms with Crippen LogP contribution >= 0.6 is 0 Å². The Hall–Kier alpha value is -1.59. The molecule has 0 aliphatic rings. The lowest BCUT2D eigenvalue weighted by Gasteiger charge is -2.12. The summed E-state index contributed by atoms with van der Waals surface area (Å²) in [4.78, 5) is 11.7. The molecule has 1 rings (SSSR count). The van der Waals surface area contributed by atoms with Crippen LogP contribution in [0.5, 0.6) is 0 Å². The van der Waals surface area contributed by atoms with Gasteiger partial charge in [0.15, 0.2) is 0 Å². The van der Waals surface area contributed by atoms with Crippen LogP contribution in [-0.2, 0) is 9.47 Å². The minimum Gasteiger partial charge on any atom is -0.382 e. The highest BCUT2D eigenvalue weighted by molar-refractivity contribution is 5.90. The Kier molecular flexibility index (Phi) is 6.92. The van der Waals surface area contributed by atoms with Crippen LogP contribution in [0, 0.1) is 13.8 Å². The molecule has 0 aromatic heterocycles. The van der Waals surface area contributed by atoms with Gasteiger partial charge in [0.05, 0.1) is 19.8 Å². The van der Waals surface area contributed by atoms with Crippen LogP contribution in [-0.4, -0.2) is 39.5 Å². The Bertz CT molecular complexity index is 387. The number of anilines is 1. The molecule has 1 aromatic rings. The van der Waals surface area contributed by atoms with Crippen molar-refractivity contribution in [1.82, 2.24) is 5.32 Å². The largest absolute Gasteiger partial charge is 0.382 e. The monoisotopic (exact) mass is 266 g/mol. The quantitative estimate of drug-likeness (QED) is 0.743. The number of ether oxygens (including phenoxy) is 2. The van der Waals surface area contributed by atoms with Crippen LogP contribution in [0.25, 0.3) is 0 Å². The van der Waals surface area contributed by atoms with Crippen LogP contribution in [0.1, 0.15) is 11.1 Å². The molecule has 0 saturated carbocycles. The van der Waals surface area contributed by atoms with Crippen LogP contribution < -0.4 is 10.6 Å². The average molecular weight is 266 g/mol. The minimum absolute atomic E-state index is 0.215. The molecule has 0 spiro atoms. The van der Waals surface area contributed by atoms with E-state index in [0.717, 1.165) is 16.8 Å². The molecule has 0 radical (unpaired) electrons. The second-order valence-corrected chi connectivity index (χ2v) is 4.25. The van der Waals surface area contributed by atoms with Gasteiger partial charge in [0.2, 0.25) is 0 Å². The maximum Gasteiger partial charge on any atom is 0.319 e. The molecule has 5 nitrogen and oxygen atoms in total. The van der Waals surface area contributed by atoms with Crippen molar-refractivity contribution in [3.05, 3.63) is 29.3 Å². The van der Waals surface area contributed by atoms with Crippen molar-refractivity contribution in [3.63, 3.8) is 0 Å². The Morgan fingerprint density at radius 2 is 1.84 bits per heavy atom. The van der Waals surface area contributed by atoms with Gasteiger partial charge in [0.1, 0.15) is 0 Å². The van der Waals surface area contributed by atoms with E-state index >= 15 is 0 Å². The Labute approximate surface area is 114 Å². The average Bonchev–Trinajstić information content (AvgIpc) is 2.38. The highest BCUT2D eigenvalue weighted by atomic mass is 16.5. The van der Waals surface area contributed by atoms with Gasteiger partial charge in [-0.15, -0.1) is 0 Å². The van der Waals surface area contributed by atoms with Gasteiger partial charge in [-0.3, -0.25) is 0 Å². The summed E-state index contributed by atoms with van der Waals surface area (Å²) in [6.45, 7) is 5.99. The van der Waals surface area contributed by atoms with E-state index in [1.807, 2.05) is 32.0 Å². The van der Waals surface area contributed by atoms with Crippen molar-refractivity contribution in [2.45, 2.75) is 13.8 Å². The highest BCUT2D eigenvalue weighted by Gasteiger charge is 2.05. The molecule has 5 heteroatoms. The summed E-state index contributed by atoms with van der Waals surface area (Å²) in [6.07, 6.45) is 0. The summed E-state index contributed by atoms with van der Waals surface area (Å²) in [7, 11) is 1.62. The molecule has 0 aliphatic heterocycles. The summed E-state index contributed by atoms with van der Waals surface area (Å²) in [5.41, 5.74) is 2.96. The predicted molar refractivity (Wildman–Crippen MR) is 75.6 cm³/mol. The summed E-state index contributed by atoms with van der Waals surface area (Å²) in [6, 6.07) is 5.69. The van der Waals surface area contributed by atoms with Gasteiger partial charge in [0, 0.05) is 19.3 Å². The van der Waals surface area contributed by atoms with Gasteiger partial charge in [-0.1, -0.05) is 18.2 Å². The maximum atomic E-state index is 11.7. The van der Waals surface area contributed by atoms with E-state index in [-0.39, 0.29) is 6.03 Å². The highest BCUT2D eigenvalue weighted by Crippen LogP contribution is 2.18. The molecule has 0 bridgehead atoms. The third kappa shape index (κ3) is 5.72. The van der Waals surface area contributed by atoms with Gasteiger partial charge in [-0.05, 0) is 25.0 Å². The standard InChI is InChI=1S/C14H22N2O3/c1-11-5-4-6-12(2)13(11)16-14(17)15-7-8-19-10-9-18-3/h4-6H,7-10H2,1-3H3,(H2,15,16,17). The maximum absolute atomic E-state index is 11.7. The van der Waals surface area contributed by atoms with Crippen LogP contribution in [0.2, 0.25) is 0 Å². The number of hydrogen-bond acceptors (Lipinski definition) is 3. The fourth-order valence-electron chi connectivity index (χ4n) is 1.65. The van der Waals surface area contributed by atoms with Gasteiger partial charge in [-0.2, -0.15) is 0 Å². The molecule has 2 amide bonds. The molecule has 0 aliphatic carbocycles. The van der Waals surface area contributed by atoms with Crippen molar-refractivity contribution in [2.75, 3.05) is 38.8 Å². The molecule has 2 N–H and O–H groups in total. The predicted octanol–water partition coefficient (Wildman–Crippen LogP) is 2.09. The van der Waals surface area contributed by atoms with Crippen LogP contribution in [0.4, 0.5) is 10.5 Å². The topological polar surface area (TPSA) is 59.6 Å². The Morgan fingerprint density at radius 3 is 2.47 bits per heavy atom. The second-order valence-electron chi connectivity index (χ2n) is 4.25. The zero-order valence-corrected chi connectivity index (χ0v) is 11.8. The number of methoxy groups -OCH3 is 1. The van der Waals surface area contributed by atoms with Crippen molar-refractivity contribution < 1.29 is 14.3 Å². The van der Waals surface area contributed by atoms with Crippen LogP contribution in [0.3, 0.4) is 0 Å². The van der Waals surface area contributed by atoms with E-state index in [4.69, 9.17) is 9.47 Å². The van der Waals surface area contributed by atoms with Crippen LogP contribution in [0.15, 0.2) is 18.2 Å². The van der Waals surface area contributed by atoms with Crippen molar-refractivity contribution in [3.8, 4) is 0 Å². The lowest BCUT2D eigenvalue weighted by molar-refractivity contribution is 0.0728. The molecule has 0 saturated heterocycles. The molecule has 106 valence electrons. The first kappa shape index (κ1) is 15.5. The van der Waals surface area contributed by atoms with E-state index in [1.54, 1.807) is 7.11 Å². The Morgan fingerprint density at radius 1 is 1.16 bits per heavy atom. The number of rotatable bonds is 7. The number of benzene rings is 1. The molecular weight excluding hydrogens is 244 g/mol. The number of nitrogens with one attached hydrogen (secondary N) is 2. The van der Waals surface area contributed by atoms with Gasteiger partial charge in [-0.25, -0.2) is 4.79 Å². The summed E-state index contributed by atoms with van der Waals surface area (Å²) in [5.74, 6) is 0. The first-order valence-electron chi connectivity index (χ1n) is 6.33. The third-order valence-electron chi connectivity index (χ3n) is 2.68. The summed E-state index contributed by atoms with van der Waals surface area (Å²) >= 11 is 0. The summed E-state index contributed by atoms with van der Waals surface area (Å²) in [5, 5.41) is 5.60. The molecule has 19 heavy (non-hydrogen) atoms. The van der Waals surface area contributed by atoms with Crippen molar-refractivity contribution in [1.29, 1.82) is 0 Å². The van der Waals surface area contributed by atoms with Gasteiger partial charge < -0.3 is 20.1 Å². The first-order valence-corrected chi connectivity index (χ1v) is 6.33. The smallest absolute Gasteiger partial charge is 0.319 e. The first-order chi connectivity index (χ1) is 9.15. The second kappa shape index (κ2) is 8.50. The SMILES string of the molecule is COCCOCCNC(=O)Nc1c(C)cccc1C. The fraction of sp³-hybridized carbons (Fsp3) is 0.500. The lowest BCUT2D eigenvalue weighted by Crippen LogP contribution is -2.32. The summed E-state index contributed by atoms with van der Waals surface area (Å²) < 4.78 is 10.1. The number of amides is 2. The molecule has 0 unspecified atom stereocenters. The molecular formula is C14H22N2O3. The Balaban J connectivity index is 2.28. The molecule has 0 heterocycles. The van der Waals surface area contributed by atoms with Crippen molar-refractivity contribution >= 4 is 11.7 Å². The van der Waals surface area contributed by atoms with Crippen molar-refractivity contribution in [2.24, 2.45) is 0 Å². The fourth-order valence-corrected chi connectivity index (χ4v) is 1.65. The zero-order valence-electron chi connectivity index (χ0n) is 11.8.